The highest BCUT2D eigenvalue weighted by Gasteiger charge is 2.13. The molecule has 0 unspecified atom stereocenters. The predicted octanol–water partition coefficient (Wildman–Crippen LogP) is 3.20. The molecule has 0 radical (unpaired) electrons. The van der Waals surface area contributed by atoms with Gasteiger partial charge in [0.1, 0.15) is 5.52 Å². The van der Waals surface area contributed by atoms with Gasteiger partial charge < -0.3 is 9.62 Å². The fraction of sp³-hybridized carbons (Fsp3) is 0.0769. The summed E-state index contributed by atoms with van der Waals surface area (Å²) in [4.78, 5) is 4.43. The van der Waals surface area contributed by atoms with Gasteiger partial charge in [-0.25, -0.2) is 4.98 Å². The topological polar surface area (TPSA) is 53.0 Å². The van der Waals surface area contributed by atoms with Gasteiger partial charge in [0.2, 0.25) is 5.89 Å². The molecule has 0 saturated heterocycles. The Morgan fingerprint density at radius 1 is 1.33 bits per heavy atom. The van der Waals surface area contributed by atoms with E-state index in [4.69, 9.17) is 4.42 Å². The van der Waals surface area contributed by atoms with Crippen LogP contribution in [0.25, 0.3) is 22.6 Å². The first-order valence-electron chi connectivity index (χ1n) is 5.39. The van der Waals surface area contributed by atoms with Crippen molar-refractivity contribution in [1.82, 2.24) is 4.98 Å². The first kappa shape index (κ1) is 11.2. The summed E-state index contributed by atoms with van der Waals surface area (Å²) in [6.45, 7) is 2.01. The molecule has 0 fully saturated rings. The summed E-state index contributed by atoms with van der Waals surface area (Å²) in [5, 5.41) is 11.1. The molecule has 0 amide bonds. The van der Waals surface area contributed by atoms with Crippen molar-refractivity contribution in [2.75, 3.05) is 0 Å². The van der Waals surface area contributed by atoms with Crippen LogP contribution >= 0.6 is 15.9 Å². The molecule has 0 bridgehead atoms. The van der Waals surface area contributed by atoms with Crippen molar-refractivity contribution >= 4 is 27.0 Å². The van der Waals surface area contributed by atoms with Crippen LogP contribution in [0.15, 0.2) is 45.5 Å². The van der Waals surface area contributed by atoms with E-state index in [1.807, 2.05) is 25.1 Å². The van der Waals surface area contributed by atoms with Crippen LogP contribution in [0.3, 0.4) is 0 Å². The lowest BCUT2D eigenvalue weighted by Crippen LogP contribution is -2.24. The van der Waals surface area contributed by atoms with E-state index in [2.05, 4.69) is 20.9 Å². The lowest BCUT2D eigenvalue weighted by Gasteiger charge is -1.99. The molecule has 2 heterocycles. The second kappa shape index (κ2) is 4.10. The van der Waals surface area contributed by atoms with Gasteiger partial charge in [0, 0.05) is 6.07 Å². The molecule has 90 valence electrons. The van der Waals surface area contributed by atoms with Gasteiger partial charge in [-0.1, -0.05) is 6.07 Å². The Labute approximate surface area is 112 Å². The van der Waals surface area contributed by atoms with Gasteiger partial charge in [-0.2, -0.15) is 4.73 Å². The van der Waals surface area contributed by atoms with Gasteiger partial charge in [0.15, 0.2) is 18.0 Å². The van der Waals surface area contributed by atoms with Gasteiger partial charge in [-0.15, -0.1) is 0 Å². The predicted molar refractivity (Wildman–Crippen MR) is 70.8 cm³/mol. The molecule has 0 saturated carbocycles. The largest absolute Gasteiger partial charge is 0.619 e. The fourth-order valence-electron chi connectivity index (χ4n) is 1.78. The van der Waals surface area contributed by atoms with Crippen molar-refractivity contribution in [3.63, 3.8) is 0 Å². The Balaban J connectivity index is 2.19. The molecular weight excluding hydrogens is 296 g/mol. The number of hydrogen-bond acceptors (Lipinski definition) is 3. The maximum absolute atomic E-state index is 11.1. The molecule has 3 rings (SSSR count). The summed E-state index contributed by atoms with van der Waals surface area (Å²) >= 11 is 3.33. The zero-order valence-corrected chi connectivity index (χ0v) is 11.1. The van der Waals surface area contributed by atoms with Crippen LogP contribution in [-0.4, -0.2) is 4.98 Å². The van der Waals surface area contributed by atoms with Crippen molar-refractivity contribution < 1.29 is 9.15 Å². The minimum absolute atomic E-state index is 0.503. The molecule has 0 N–H and O–H groups in total. The van der Waals surface area contributed by atoms with Gasteiger partial charge in [-0.3, -0.25) is 0 Å². The van der Waals surface area contributed by atoms with Crippen LogP contribution in [0, 0.1) is 12.1 Å². The Hall–Kier alpha value is -1.88. The molecule has 2 aromatic heterocycles. The zero-order chi connectivity index (χ0) is 12.7. The van der Waals surface area contributed by atoms with E-state index in [0.717, 1.165) is 27.0 Å². The number of hydrogen-bond donors (Lipinski definition) is 0. The number of rotatable bonds is 1. The molecule has 4 nitrogen and oxygen atoms in total. The summed E-state index contributed by atoms with van der Waals surface area (Å²) < 4.78 is 7.06. The first-order chi connectivity index (χ1) is 8.63. The number of aryl methyl sites for hydroxylation is 1. The minimum Gasteiger partial charge on any atom is -0.619 e. The van der Waals surface area contributed by atoms with E-state index in [1.165, 1.54) is 12.4 Å². The second-order valence-corrected chi connectivity index (χ2v) is 4.91. The normalized spacial score (nSPS) is 11.0. The van der Waals surface area contributed by atoms with E-state index in [-0.39, 0.29) is 0 Å². The van der Waals surface area contributed by atoms with Gasteiger partial charge in [-0.05, 0) is 40.5 Å². The molecule has 5 heteroatoms. The summed E-state index contributed by atoms with van der Waals surface area (Å²) in [6.07, 6.45) is 2.84. The van der Waals surface area contributed by atoms with Gasteiger partial charge >= 0.3 is 0 Å². The van der Waals surface area contributed by atoms with Crippen molar-refractivity contribution in [3.8, 4) is 11.5 Å². The Morgan fingerprint density at radius 3 is 2.94 bits per heavy atom. The summed E-state index contributed by atoms with van der Waals surface area (Å²) in [5.74, 6) is 0.503. The molecule has 0 spiro atoms. The van der Waals surface area contributed by atoms with E-state index in [1.54, 1.807) is 6.07 Å². The van der Waals surface area contributed by atoms with Crippen molar-refractivity contribution in [2.45, 2.75) is 6.92 Å². The molecule has 0 aliphatic carbocycles. The third-order valence-electron chi connectivity index (χ3n) is 2.66. The Bertz CT molecular complexity index is 737. The number of fused-ring (bicyclic) bond motifs is 1. The van der Waals surface area contributed by atoms with Crippen molar-refractivity contribution in [1.29, 1.82) is 0 Å². The summed E-state index contributed by atoms with van der Waals surface area (Å²) in [6, 6.07) is 7.51. The van der Waals surface area contributed by atoms with Crippen LogP contribution in [0.5, 0.6) is 0 Å². The van der Waals surface area contributed by atoms with Crippen LogP contribution in [0.1, 0.15) is 5.56 Å². The van der Waals surface area contributed by atoms with Crippen molar-refractivity contribution in [2.24, 2.45) is 0 Å². The molecular formula is C13H9BrN2O2. The second-order valence-electron chi connectivity index (χ2n) is 4.06. The monoisotopic (exact) mass is 304 g/mol. The van der Waals surface area contributed by atoms with Crippen LogP contribution in [0.2, 0.25) is 0 Å². The average molecular weight is 305 g/mol. The van der Waals surface area contributed by atoms with Crippen LogP contribution in [0.4, 0.5) is 0 Å². The van der Waals surface area contributed by atoms with Gasteiger partial charge in [0.25, 0.3) is 0 Å². The van der Waals surface area contributed by atoms with Crippen molar-refractivity contribution in [3.05, 3.63) is 51.9 Å². The highest BCUT2D eigenvalue weighted by Crippen LogP contribution is 2.29. The molecule has 1 aromatic carbocycles. The number of benzene rings is 1. The van der Waals surface area contributed by atoms with Crippen LogP contribution < -0.4 is 4.73 Å². The standard InChI is InChI=1S/C13H9BrN2O2/c1-8-2-3-12-11(6-8)15-13(18-12)9-4-5-16(17)7-10(9)14/h2-7H,1H3. The van der Waals surface area contributed by atoms with E-state index >= 15 is 0 Å². The first-order valence-corrected chi connectivity index (χ1v) is 6.19. The summed E-state index contributed by atoms with van der Waals surface area (Å²) in [5.41, 5.74) is 3.44. The SMILES string of the molecule is Cc1ccc2oc(-c3cc[n+]([O-])cc3Br)nc2c1. The Kier molecular flexibility index (Phi) is 2.56. The lowest BCUT2D eigenvalue weighted by atomic mass is 10.2. The quantitative estimate of drug-likeness (QED) is 0.512. The third kappa shape index (κ3) is 1.86. The molecule has 0 aliphatic rings. The van der Waals surface area contributed by atoms with E-state index in [9.17, 15) is 5.21 Å². The van der Waals surface area contributed by atoms with Gasteiger partial charge in [0.05, 0.1) is 10.0 Å². The average Bonchev–Trinajstić information content (AvgIpc) is 2.71. The number of halogens is 1. The smallest absolute Gasteiger partial charge is 0.228 e. The zero-order valence-electron chi connectivity index (χ0n) is 9.55. The number of aromatic nitrogens is 2. The molecule has 3 aromatic rings. The highest BCUT2D eigenvalue weighted by atomic mass is 79.9. The minimum atomic E-state index is 0.503. The third-order valence-corrected chi connectivity index (χ3v) is 3.29. The van der Waals surface area contributed by atoms with E-state index < -0.39 is 0 Å². The Morgan fingerprint density at radius 2 is 2.17 bits per heavy atom. The highest BCUT2D eigenvalue weighted by molar-refractivity contribution is 9.10. The fourth-order valence-corrected chi connectivity index (χ4v) is 2.28. The molecule has 0 atom stereocenters. The number of pyridine rings is 1. The maximum atomic E-state index is 11.1. The maximum Gasteiger partial charge on any atom is 0.228 e. The van der Waals surface area contributed by atoms with Crippen LogP contribution in [-0.2, 0) is 0 Å². The van der Waals surface area contributed by atoms with E-state index in [0.29, 0.717) is 10.4 Å². The number of nitrogens with zero attached hydrogens (tertiary/aromatic N) is 2. The molecule has 0 aliphatic heterocycles. The summed E-state index contributed by atoms with van der Waals surface area (Å²) in [7, 11) is 0. The number of oxazole rings is 1. The lowest BCUT2D eigenvalue weighted by molar-refractivity contribution is -0.605. The molecule has 18 heavy (non-hydrogen) atoms.